The first-order chi connectivity index (χ1) is 19.5. The predicted octanol–water partition coefficient (Wildman–Crippen LogP) is 10.5. The molecule has 1 nitrogen and oxygen atoms in total. The molecule has 0 saturated heterocycles. The highest BCUT2D eigenvalue weighted by Crippen LogP contribution is 2.52. The van der Waals surface area contributed by atoms with E-state index in [4.69, 9.17) is 4.98 Å². The molecule has 0 atom stereocenters. The van der Waals surface area contributed by atoms with Gasteiger partial charge in [-0.15, -0.1) is 0 Å². The van der Waals surface area contributed by atoms with Crippen molar-refractivity contribution in [1.82, 2.24) is 4.98 Å². The molecule has 0 unspecified atom stereocenters. The monoisotopic (exact) mass is 511 g/mol. The van der Waals surface area contributed by atoms with Crippen molar-refractivity contribution in [2.45, 2.75) is 26.2 Å². The summed E-state index contributed by atoms with van der Waals surface area (Å²) in [5, 5.41) is 7.61. The molecule has 8 rings (SSSR count). The second-order valence-electron chi connectivity index (χ2n) is 11.6. The van der Waals surface area contributed by atoms with Crippen LogP contribution in [-0.4, -0.2) is 4.98 Å². The summed E-state index contributed by atoms with van der Waals surface area (Å²) in [5.74, 6) is 0. The van der Waals surface area contributed by atoms with Crippen LogP contribution in [0.2, 0.25) is 0 Å². The van der Waals surface area contributed by atoms with Crippen LogP contribution in [-0.2, 0) is 5.41 Å². The molecule has 0 N–H and O–H groups in total. The van der Waals surface area contributed by atoms with Gasteiger partial charge < -0.3 is 0 Å². The molecule has 40 heavy (non-hydrogen) atoms. The average molecular weight is 512 g/mol. The number of hydrogen-bond donors (Lipinski definition) is 0. The summed E-state index contributed by atoms with van der Waals surface area (Å²) in [6.07, 6.45) is 0. The fourth-order valence-electron chi connectivity index (χ4n) is 6.97. The molecule has 1 aliphatic carbocycles. The van der Waals surface area contributed by atoms with Gasteiger partial charge in [-0.25, -0.2) is 0 Å². The fraction of sp³-hybridized carbons (Fsp3) is 0.103. The van der Waals surface area contributed by atoms with Gasteiger partial charge in [0.05, 0.1) is 5.69 Å². The number of hydrogen-bond acceptors (Lipinski definition) is 1. The average Bonchev–Trinajstić information content (AvgIpc) is 3.19. The Hall–Kier alpha value is -4.75. The summed E-state index contributed by atoms with van der Waals surface area (Å²) in [6, 6.07) is 44.6. The number of aromatic nitrogens is 1. The number of aryl methyl sites for hydroxylation is 1. The summed E-state index contributed by atoms with van der Waals surface area (Å²) in [7, 11) is 0. The fourth-order valence-corrected chi connectivity index (χ4v) is 6.97. The van der Waals surface area contributed by atoms with Gasteiger partial charge in [0.1, 0.15) is 0 Å². The zero-order valence-electron chi connectivity index (χ0n) is 23.0. The van der Waals surface area contributed by atoms with Crippen LogP contribution in [0.15, 0.2) is 121 Å². The van der Waals surface area contributed by atoms with Crippen LogP contribution in [0, 0.1) is 6.92 Å². The van der Waals surface area contributed by atoms with Crippen molar-refractivity contribution in [3.05, 3.63) is 138 Å². The summed E-state index contributed by atoms with van der Waals surface area (Å²) >= 11 is 0. The van der Waals surface area contributed by atoms with Crippen molar-refractivity contribution in [3.63, 3.8) is 0 Å². The van der Waals surface area contributed by atoms with E-state index >= 15 is 0 Å². The first-order valence-corrected chi connectivity index (χ1v) is 14.1. The van der Waals surface area contributed by atoms with Crippen LogP contribution in [0.25, 0.3) is 65.8 Å². The third kappa shape index (κ3) is 3.24. The highest BCUT2D eigenvalue weighted by atomic mass is 14.7. The summed E-state index contributed by atoms with van der Waals surface area (Å²) in [4.78, 5) is 4.96. The van der Waals surface area contributed by atoms with Crippen LogP contribution in [0.3, 0.4) is 0 Å². The maximum Gasteiger partial charge on any atom is 0.0717 e. The molecule has 0 bridgehead atoms. The molecule has 0 radical (unpaired) electrons. The molecule has 0 fully saturated rings. The smallest absolute Gasteiger partial charge is 0.0717 e. The van der Waals surface area contributed by atoms with E-state index in [2.05, 4.69) is 142 Å². The Balaban J connectivity index is 1.42. The van der Waals surface area contributed by atoms with E-state index in [1.54, 1.807) is 0 Å². The van der Waals surface area contributed by atoms with Gasteiger partial charge >= 0.3 is 0 Å². The normalized spacial score (nSPS) is 13.6. The molecule has 1 aliphatic rings. The van der Waals surface area contributed by atoms with E-state index in [0.29, 0.717) is 0 Å². The molecule has 0 spiro atoms. The number of benzene rings is 6. The van der Waals surface area contributed by atoms with Crippen molar-refractivity contribution in [2.75, 3.05) is 0 Å². The Morgan fingerprint density at radius 1 is 0.500 bits per heavy atom. The number of rotatable bonds is 2. The van der Waals surface area contributed by atoms with Crippen molar-refractivity contribution in [1.29, 1.82) is 0 Å². The van der Waals surface area contributed by atoms with Gasteiger partial charge in [-0.05, 0) is 103 Å². The van der Waals surface area contributed by atoms with Gasteiger partial charge in [0.15, 0.2) is 0 Å². The number of fused-ring (bicyclic) bond motifs is 6. The van der Waals surface area contributed by atoms with Crippen LogP contribution >= 0.6 is 0 Å². The Morgan fingerprint density at radius 3 is 1.73 bits per heavy atom. The highest BCUT2D eigenvalue weighted by Gasteiger charge is 2.36. The Bertz CT molecular complexity index is 2090. The maximum atomic E-state index is 4.96. The molecule has 7 aromatic rings. The third-order valence-corrected chi connectivity index (χ3v) is 8.91. The molecule has 1 heterocycles. The molecule has 1 aromatic heterocycles. The van der Waals surface area contributed by atoms with Crippen LogP contribution < -0.4 is 0 Å². The van der Waals surface area contributed by atoms with Gasteiger partial charge in [-0.3, -0.25) is 4.98 Å². The van der Waals surface area contributed by atoms with Gasteiger partial charge in [0.2, 0.25) is 0 Å². The minimum absolute atomic E-state index is 0.0816. The predicted molar refractivity (Wildman–Crippen MR) is 170 cm³/mol. The van der Waals surface area contributed by atoms with Crippen molar-refractivity contribution in [2.24, 2.45) is 0 Å². The second kappa shape index (κ2) is 8.37. The number of nitrogens with zero attached hydrogens (tertiary/aromatic N) is 1. The van der Waals surface area contributed by atoms with Gasteiger partial charge in [-0.1, -0.05) is 105 Å². The maximum absolute atomic E-state index is 4.96. The van der Waals surface area contributed by atoms with E-state index in [0.717, 1.165) is 11.4 Å². The lowest BCUT2D eigenvalue weighted by molar-refractivity contribution is 0.661. The van der Waals surface area contributed by atoms with Crippen molar-refractivity contribution >= 4 is 32.3 Å². The first kappa shape index (κ1) is 23.2. The van der Waals surface area contributed by atoms with Crippen molar-refractivity contribution < 1.29 is 0 Å². The zero-order chi connectivity index (χ0) is 27.0. The Morgan fingerprint density at radius 2 is 1.07 bits per heavy atom. The van der Waals surface area contributed by atoms with Crippen LogP contribution in [0.4, 0.5) is 0 Å². The second-order valence-corrected chi connectivity index (χ2v) is 11.6. The molecule has 190 valence electrons. The topological polar surface area (TPSA) is 12.9 Å². The highest BCUT2D eigenvalue weighted by molar-refractivity contribution is 6.21. The number of pyridine rings is 1. The summed E-state index contributed by atoms with van der Waals surface area (Å²) in [5.41, 5.74) is 11.3. The molecular weight excluding hydrogens is 482 g/mol. The molecular formula is C39H29N. The van der Waals surface area contributed by atoms with E-state index < -0.39 is 0 Å². The van der Waals surface area contributed by atoms with Crippen LogP contribution in [0.1, 0.15) is 30.7 Å². The van der Waals surface area contributed by atoms with Gasteiger partial charge in [0, 0.05) is 16.7 Å². The van der Waals surface area contributed by atoms with Crippen molar-refractivity contribution in [3.8, 4) is 33.5 Å². The van der Waals surface area contributed by atoms with Crippen LogP contribution in [0.5, 0.6) is 0 Å². The van der Waals surface area contributed by atoms with E-state index in [1.807, 2.05) is 0 Å². The Labute approximate surface area is 234 Å². The lowest BCUT2D eigenvalue weighted by atomic mass is 9.80. The molecule has 0 aliphatic heterocycles. The quantitative estimate of drug-likeness (QED) is 0.210. The van der Waals surface area contributed by atoms with Gasteiger partial charge in [0.25, 0.3) is 0 Å². The van der Waals surface area contributed by atoms with Gasteiger partial charge in [-0.2, -0.15) is 0 Å². The molecule has 0 saturated carbocycles. The first-order valence-electron chi connectivity index (χ1n) is 14.1. The SMILES string of the molecule is Cc1cccc(-c2c3ccccc3c(-c3ccc4c(c3)C(C)(C)c3cc5ccccc5cc3-4)c3ccccc23)n1. The minimum atomic E-state index is -0.0816. The molecule has 1 heteroatoms. The summed E-state index contributed by atoms with van der Waals surface area (Å²) in [6.45, 7) is 6.81. The van der Waals surface area contributed by atoms with E-state index in [1.165, 1.54) is 71.3 Å². The lowest BCUT2D eigenvalue weighted by Crippen LogP contribution is -2.15. The summed E-state index contributed by atoms with van der Waals surface area (Å²) < 4.78 is 0. The third-order valence-electron chi connectivity index (χ3n) is 8.91. The standard InChI is InChI=1S/C39H29N/c1-24-11-10-18-36(40-24)38-31-16-8-6-14-29(31)37(30-15-7-9-17-32(30)38)27-19-20-28-33-21-25-12-4-5-13-26(25)22-35(33)39(2,3)34(28)23-27/h4-23H,1-3H3. The lowest BCUT2D eigenvalue weighted by Gasteiger charge is -2.23. The molecule has 0 amide bonds. The van der Waals surface area contributed by atoms with E-state index in [9.17, 15) is 0 Å². The zero-order valence-corrected chi connectivity index (χ0v) is 23.0. The Kier molecular flexibility index (Phi) is 4.85. The molecule has 6 aromatic carbocycles. The largest absolute Gasteiger partial charge is 0.253 e. The minimum Gasteiger partial charge on any atom is -0.253 e. The van der Waals surface area contributed by atoms with E-state index in [-0.39, 0.29) is 5.41 Å².